The molecule has 2 amide bonds. The molecule has 28 heavy (non-hydrogen) atoms. The number of methoxy groups -OCH3 is 3. The Bertz CT molecular complexity index is 690. The fourth-order valence-electron chi connectivity index (χ4n) is 3.08. The Kier molecular flexibility index (Phi) is 8.84. The summed E-state index contributed by atoms with van der Waals surface area (Å²) in [5, 5.41) is 0. The van der Waals surface area contributed by atoms with Crippen LogP contribution in [0, 0.1) is 5.92 Å². The van der Waals surface area contributed by atoms with Gasteiger partial charge in [-0.15, -0.1) is 12.4 Å². The van der Waals surface area contributed by atoms with Crippen LogP contribution in [0.25, 0.3) is 0 Å². The van der Waals surface area contributed by atoms with E-state index in [-0.39, 0.29) is 36.2 Å². The van der Waals surface area contributed by atoms with Crippen LogP contribution < -0.4 is 19.9 Å². The molecule has 1 aromatic rings. The van der Waals surface area contributed by atoms with Crippen LogP contribution in [0.4, 0.5) is 0 Å². The number of nitrogens with two attached hydrogens (primary N) is 1. The van der Waals surface area contributed by atoms with Gasteiger partial charge in [0.25, 0.3) is 5.91 Å². The molecule has 8 nitrogen and oxygen atoms in total. The highest BCUT2D eigenvalue weighted by molar-refractivity contribution is 5.98. The molecule has 1 fully saturated rings. The molecule has 0 aliphatic carbocycles. The average Bonchev–Trinajstić information content (AvgIpc) is 2.70. The monoisotopic (exact) mass is 415 g/mol. The second-order valence-electron chi connectivity index (χ2n) is 6.65. The molecular formula is C19H30ClN3O5. The number of ether oxygens (including phenoxy) is 3. The first-order chi connectivity index (χ1) is 12.8. The lowest BCUT2D eigenvalue weighted by Crippen LogP contribution is -2.53. The molecule has 0 radical (unpaired) electrons. The summed E-state index contributed by atoms with van der Waals surface area (Å²) in [6.45, 7) is 5.53. The zero-order valence-electron chi connectivity index (χ0n) is 17.1. The van der Waals surface area contributed by atoms with E-state index in [1.807, 2.05) is 13.8 Å². The molecule has 2 rings (SSSR count). The molecule has 0 bridgehead atoms. The van der Waals surface area contributed by atoms with Crippen molar-refractivity contribution in [2.45, 2.75) is 19.9 Å². The van der Waals surface area contributed by atoms with Crippen LogP contribution in [-0.2, 0) is 4.79 Å². The van der Waals surface area contributed by atoms with Gasteiger partial charge in [0.2, 0.25) is 11.7 Å². The number of nitrogens with zero attached hydrogens (tertiary/aromatic N) is 2. The van der Waals surface area contributed by atoms with Crippen LogP contribution in [0.1, 0.15) is 24.2 Å². The minimum absolute atomic E-state index is 0. The van der Waals surface area contributed by atoms with Crippen molar-refractivity contribution in [3.8, 4) is 17.2 Å². The highest BCUT2D eigenvalue weighted by atomic mass is 35.5. The highest BCUT2D eigenvalue weighted by Gasteiger charge is 2.30. The normalized spacial score (nSPS) is 15.9. The van der Waals surface area contributed by atoms with Gasteiger partial charge in [-0.1, -0.05) is 6.92 Å². The van der Waals surface area contributed by atoms with Gasteiger partial charge in [0.15, 0.2) is 11.5 Å². The van der Waals surface area contributed by atoms with Gasteiger partial charge in [0.05, 0.1) is 32.8 Å². The zero-order valence-corrected chi connectivity index (χ0v) is 17.9. The molecule has 1 aliphatic rings. The fraction of sp³-hybridized carbons (Fsp3) is 0.579. The van der Waals surface area contributed by atoms with Crippen molar-refractivity contribution in [3.63, 3.8) is 0 Å². The number of carbonyl (C=O) groups excluding carboxylic acids is 2. The van der Waals surface area contributed by atoms with Crippen LogP contribution in [0.15, 0.2) is 12.1 Å². The number of benzene rings is 1. The van der Waals surface area contributed by atoms with Crippen molar-refractivity contribution >= 4 is 24.2 Å². The molecule has 1 heterocycles. The van der Waals surface area contributed by atoms with Gasteiger partial charge in [0, 0.05) is 32.2 Å². The van der Waals surface area contributed by atoms with E-state index in [1.165, 1.54) is 21.3 Å². The largest absolute Gasteiger partial charge is 0.493 e. The van der Waals surface area contributed by atoms with Crippen LogP contribution in [-0.4, -0.2) is 75.2 Å². The van der Waals surface area contributed by atoms with Gasteiger partial charge < -0.3 is 29.7 Å². The van der Waals surface area contributed by atoms with Crippen LogP contribution in [0.3, 0.4) is 0 Å². The van der Waals surface area contributed by atoms with Crippen LogP contribution in [0.2, 0.25) is 0 Å². The Morgan fingerprint density at radius 1 is 0.929 bits per heavy atom. The summed E-state index contributed by atoms with van der Waals surface area (Å²) in [5.74, 6) is 0.835. The summed E-state index contributed by atoms with van der Waals surface area (Å²) < 4.78 is 16.0. The number of hydrogen-bond acceptors (Lipinski definition) is 6. The lowest BCUT2D eigenvalue weighted by Gasteiger charge is -2.36. The Labute approximate surface area is 172 Å². The molecule has 2 N–H and O–H groups in total. The third-order valence-electron chi connectivity index (χ3n) is 4.99. The molecule has 158 valence electrons. The fourth-order valence-corrected chi connectivity index (χ4v) is 3.08. The first kappa shape index (κ1) is 23.8. The van der Waals surface area contributed by atoms with Crippen molar-refractivity contribution < 1.29 is 23.8 Å². The molecule has 1 aliphatic heterocycles. The Morgan fingerprint density at radius 3 is 1.93 bits per heavy atom. The Hall–Kier alpha value is -2.19. The quantitative estimate of drug-likeness (QED) is 0.754. The maximum atomic E-state index is 13.0. The third kappa shape index (κ3) is 4.80. The topological polar surface area (TPSA) is 94.3 Å². The van der Waals surface area contributed by atoms with E-state index in [0.29, 0.717) is 49.0 Å². The number of halogens is 1. The van der Waals surface area contributed by atoms with Crippen molar-refractivity contribution in [3.05, 3.63) is 17.7 Å². The number of hydrogen-bond donors (Lipinski definition) is 1. The van der Waals surface area contributed by atoms with Crippen LogP contribution in [0.5, 0.6) is 17.2 Å². The summed E-state index contributed by atoms with van der Waals surface area (Å²) in [6, 6.07) is 3.14. The van der Waals surface area contributed by atoms with Gasteiger partial charge in [-0.05, 0) is 19.1 Å². The van der Waals surface area contributed by atoms with E-state index < -0.39 is 0 Å². The highest BCUT2D eigenvalue weighted by Crippen LogP contribution is 2.40. The van der Waals surface area contributed by atoms with E-state index in [9.17, 15) is 9.59 Å². The van der Waals surface area contributed by atoms with Gasteiger partial charge in [-0.25, -0.2) is 0 Å². The van der Waals surface area contributed by atoms with Gasteiger partial charge in [-0.3, -0.25) is 9.59 Å². The number of carbonyl (C=O) groups is 2. The first-order valence-corrected chi connectivity index (χ1v) is 8.98. The van der Waals surface area contributed by atoms with Gasteiger partial charge in [0.1, 0.15) is 0 Å². The summed E-state index contributed by atoms with van der Waals surface area (Å²) in [6.07, 6.45) is 0. The van der Waals surface area contributed by atoms with E-state index in [4.69, 9.17) is 19.9 Å². The second kappa shape index (κ2) is 10.4. The second-order valence-corrected chi connectivity index (χ2v) is 6.65. The number of piperazine rings is 1. The predicted molar refractivity (Wildman–Crippen MR) is 109 cm³/mol. The van der Waals surface area contributed by atoms with E-state index in [1.54, 1.807) is 21.9 Å². The van der Waals surface area contributed by atoms with Crippen molar-refractivity contribution in [1.82, 2.24) is 9.80 Å². The maximum Gasteiger partial charge on any atom is 0.257 e. The Morgan fingerprint density at radius 2 is 1.46 bits per heavy atom. The molecule has 1 aromatic carbocycles. The molecule has 2 unspecified atom stereocenters. The smallest absolute Gasteiger partial charge is 0.257 e. The molecular weight excluding hydrogens is 386 g/mol. The SMILES string of the molecule is COc1ccc(C(=O)N2CCN(C(=O)C(C)C(C)N)CC2)c(OC)c1OC.Cl. The minimum atomic E-state index is -0.238. The lowest BCUT2D eigenvalue weighted by atomic mass is 10.0. The third-order valence-corrected chi connectivity index (χ3v) is 4.99. The van der Waals surface area contributed by atoms with E-state index >= 15 is 0 Å². The summed E-state index contributed by atoms with van der Waals surface area (Å²) in [5.41, 5.74) is 6.23. The van der Waals surface area contributed by atoms with Crippen molar-refractivity contribution in [2.24, 2.45) is 11.7 Å². The number of amides is 2. The summed E-state index contributed by atoms with van der Waals surface area (Å²) in [4.78, 5) is 28.9. The minimum Gasteiger partial charge on any atom is -0.493 e. The van der Waals surface area contributed by atoms with E-state index in [0.717, 1.165) is 0 Å². The maximum absolute atomic E-state index is 13.0. The predicted octanol–water partition coefficient (Wildman–Crippen LogP) is 1.40. The Balaban J connectivity index is 0.00000392. The molecule has 0 saturated carbocycles. The van der Waals surface area contributed by atoms with Crippen molar-refractivity contribution in [2.75, 3.05) is 47.5 Å². The lowest BCUT2D eigenvalue weighted by molar-refractivity contribution is -0.137. The van der Waals surface area contributed by atoms with Crippen molar-refractivity contribution in [1.29, 1.82) is 0 Å². The summed E-state index contributed by atoms with van der Waals surface area (Å²) in [7, 11) is 4.51. The molecule has 2 atom stereocenters. The average molecular weight is 416 g/mol. The zero-order chi connectivity index (χ0) is 20.1. The van der Waals surface area contributed by atoms with Crippen LogP contribution >= 0.6 is 12.4 Å². The van der Waals surface area contributed by atoms with Gasteiger partial charge in [-0.2, -0.15) is 0 Å². The first-order valence-electron chi connectivity index (χ1n) is 8.98. The molecule has 0 spiro atoms. The molecule has 0 aromatic heterocycles. The summed E-state index contributed by atoms with van der Waals surface area (Å²) >= 11 is 0. The molecule has 1 saturated heterocycles. The standard InChI is InChI=1S/C19H29N3O5.ClH/c1-12(13(2)20)18(23)21-8-10-22(11-9-21)19(24)14-6-7-15(25-3)17(27-5)16(14)26-4;/h6-7,12-13H,8-11,20H2,1-5H3;1H. The molecule has 9 heteroatoms. The van der Waals surface area contributed by atoms with E-state index in [2.05, 4.69) is 0 Å². The number of rotatable bonds is 6. The van der Waals surface area contributed by atoms with Gasteiger partial charge >= 0.3 is 0 Å².